The Morgan fingerprint density at radius 3 is 2.54 bits per heavy atom. The van der Waals surface area contributed by atoms with Crippen LogP contribution < -0.4 is 19.9 Å². The van der Waals surface area contributed by atoms with E-state index in [1.54, 1.807) is 19.2 Å². The molecule has 192 valence electrons. The Morgan fingerprint density at radius 2 is 1.84 bits per heavy atom. The number of carbonyl (C=O) groups is 1. The van der Waals surface area contributed by atoms with Crippen LogP contribution in [0.25, 0.3) is 0 Å². The van der Waals surface area contributed by atoms with E-state index in [1.165, 1.54) is 5.56 Å². The van der Waals surface area contributed by atoms with E-state index in [0.29, 0.717) is 19.4 Å². The third-order valence-electron chi connectivity index (χ3n) is 7.51. The smallest absolute Gasteiger partial charge is 0.269 e. The zero-order valence-corrected chi connectivity index (χ0v) is 21.2. The number of hydrogen-bond donors (Lipinski definition) is 1. The van der Waals surface area contributed by atoms with Crippen molar-refractivity contribution in [3.63, 3.8) is 0 Å². The minimum Gasteiger partial charge on any atom is -0.497 e. The van der Waals surface area contributed by atoms with E-state index in [4.69, 9.17) is 4.74 Å². The van der Waals surface area contributed by atoms with Crippen LogP contribution in [0.15, 0.2) is 66.7 Å². The first-order chi connectivity index (χ1) is 17.9. The number of nitro groups is 1. The summed E-state index contributed by atoms with van der Waals surface area (Å²) in [6.45, 7) is 4.89. The molecule has 5 rings (SSSR count). The summed E-state index contributed by atoms with van der Waals surface area (Å²) in [5.74, 6) is 0.489. The highest BCUT2D eigenvalue weighted by Gasteiger charge is 2.42. The maximum absolute atomic E-state index is 13.5. The molecule has 0 spiro atoms. The van der Waals surface area contributed by atoms with Crippen LogP contribution in [-0.4, -0.2) is 50.2 Å². The van der Waals surface area contributed by atoms with E-state index in [2.05, 4.69) is 46.3 Å². The Labute approximate surface area is 217 Å². The Hall–Kier alpha value is -4.07. The van der Waals surface area contributed by atoms with Gasteiger partial charge in [-0.15, -0.1) is 0 Å². The van der Waals surface area contributed by atoms with Gasteiger partial charge in [0.2, 0.25) is 5.91 Å². The average molecular weight is 501 g/mol. The monoisotopic (exact) mass is 500 g/mol. The van der Waals surface area contributed by atoms with Gasteiger partial charge in [-0.1, -0.05) is 29.8 Å². The maximum atomic E-state index is 13.5. The molecule has 8 nitrogen and oxygen atoms in total. The Bertz CT molecular complexity index is 1280. The molecule has 0 aromatic heterocycles. The predicted molar refractivity (Wildman–Crippen MR) is 145 cm³/mol. The van der Waals surface area contributed by atoms with E-state index >= 15 is 0 Å². The highest BCUT2D eigenvalue weighted by molar-refractivity contribution is 5.82. The van der Waals surface area contributed by atoms with Crippen molar-refractivity contribution in [3.8, 4) is 5.75 Å². The molecule has 3 aromatic rings. The number of amides is 1. The second-order valence-electron chi connectivity index (χ2n) is 9.81. The standard InChI is InChI=1S/C29H32N4O4/c1-20-3-7-23(8-4-20)31-15-16-32-27-12-9-24(33(35)36)17-22(27)18-26(28(32)19-31)29(34)30-14-13-21-5-10-25(37-2)11-6-21/h3-12,17,26,28H,13-16,18-19H2,1-2H3,(H,30,34)/t26-,28+/m1/s1. The summed E-state index contributed by atoms with van der Waals surface area (Å²) in [4.78, 5) is 29.2. The largest absolute Gasteiger partial charge is 0.497 e. The molecule has 0 radical (unpaired) electrons. The summed E-state index contributed by atoms with van der Waals surface area (Å²) in [5, 5.41) is 14.6. The fourth-order valence-electron chi connectivity index (χ4n) is 5.47. The van der Waals surface area contributed by atoms with Crippen LogP contribution in [0.2, 0.25) is 0 Å². The molecule has 37 heavy (non-hydrogen) atoms. The number of piperazine rings is 1. The van der Waals surface area contributed by atoms with Gasteiger partial charge in [-0.05, 0) is 61.2 Å². The van der Waals surface area contributed by atoms with E-state index in [-0.39, 0.29) is 28.5 Å². The first-order valence-corrected chi connectivity index (χ1v) is 12.7. The topological polar surface area (TPSA) is 87.9 Å². The van der Waals surface area contributed by atoms with Crippen molar-refractivity contribution in [2.75, 3.05) is 43.1 Å². The van der Waals surface area contributed by atoms with Crippen molar-refractivity contribution in [2.45, 2.75) is 25.8 Å². The highest BCUT2D eigenvalue weighted by atomic mass is 16.6. The van der Waals surface area contributed by atoms with Gasteiger partial charge >= 0.3 is 0 Å². The summed E-state index contributed by atoms with van der Waals surface area (Å²) >= 11 is 0. The van der Waals surface area contributed by atoms with Gasteiger partial charge in [0.15, 0.2) is 0 Å². The van der Waals surface area contributed by atoms with Crippen LogP contribution in [0.4, 0.5) is 17.1 Å². The minimum absolute atomic E-state index is 0.00794. The number of hydrogen-bond acceptors (Lipinski definition) is 6. The van der Waals surface area contributed by atoms with Crippen molar-refractivity contribution in [1.29, 1.82) is 0 Å². The van der Waals surface area contributed by atoms with Crippen LogP contribution >= 0.6 is 0 Å². The molecule has 2 heterocycles. The number of anilines is 2. The number of carbonyl (C=O) groups excluding carboxylic acids is 1. The number of rotatable bonds is 7. The number of ether oxygens (including phenoxy) is 1. The number of non-ortho nitro benzene ring substituents is 1. The SMILES string of the molecule is COc1ccc(CCNC(=O)[C@@H]2Cc3cc([N+](=O)[O-])ccc3N3CCN(c4ccc(C)cc4)C[C@@H]23)cc1. The number of aryl methyl sites for hydroxylation is 1. The van der Waals surface area contributed by atoms with Crippen LogP contribution in [0.1, 0.15) is 16.7 Å². The molecule has 2 atom stereocenters. The fraction of sp³-hybridized carbons (Fsp3) is 0.345. The van der Waals surface area contributed by atoms with Crippen molar-refractivity contribution in [2.24, 2.45) is 5.92 Å². The van der Waals surface area contributed by atoms with Gasteiger partial charge in [0.1, 0.15) is 5.75 Å². The molecular formula is C29H32N4O4. The number of methoxy groups -OCH3 is 1. The number of benzene rings is 3. The summed E-state index contributed by atoms with van der Waals surface area (Å²) in [6.07, 6.45) is 1.20. The third kappa shape index (κ3) is 5.23. The molecule has 0 unspecified atom stereocenters. The first kappa shape index (κ1) is 24.6. The Kier molecular flexibility index (Phi) is 6.99. The molecule has 0 saturated carbocycles. The molecule has 1 N–H and O–H groups in total. The van der Waals surface area contributed by atoms with Gasteiger partial charge in [0, 0.05) is 49.7 Å². The van der Waals surface area contributed by atoms with Gasteiger partial charge < -0.3 is 19.9 Å². The van der Waals surface area contributed by atoms with E-state index < -0.39 is 0 Å². The Morgan fingerprint density at radius 1 is 1.08 bits per heavy atom. The van der Waals surface area contributed by atoms with Gasteiger partial charge in [0.05, 0.1) is 24.0 Å². The van der Waals surface area contributed by atoms with Crippen molar-refractivity contribution in [3.05, 3.63) is 93.5 Å². The summed E-state index contributed by atoms with van der Waals surface area (Å²) < 4.78 is 5.22. The van der Waals surface area contributed by atoms with Gasteiger partial charge in [-0.3, -0.25) is 14.9 Å². The highest BCUT2D eigenvalue weighted by Crippen LogP contribution is 2.38. The van der Waals surface area contributed by atoms with Gasteiger partial charge in [-0.25, -0.2) is 0 Å². The van der Waals surface area contributed by atoms with Crippen LogP contribution in [0, 0.1) is 23.0 Å². The molecule has 2 aliphatic rings. The van der Waals surface area contributed by atoms with Gasteiger partial charge in [0.25, 0.3) is 5.69 Å². The van der Waals surface area contributed by atoms with Crippen LogP contribution in [-0.2, 0) is 17.6 Å². The second kappa shape index (κ2) is 10.5. The number of fused-ring (bicyclic) bond motifs is 3. The molecule has 8 heteroatoms. The lowest BCUT2D eigenvalue weighted by molar-refractivity contribution is -0.384. The predicted octanol–water partition coefficient (Wildman–Crippen LogP) is 4.14. The number of nitrogens with zero attached hydrogens (tertiary/aromatic N) is 3. The molecule has 0 bridgehead atoms. The lowest BCUT2D eigenvalue weighted by Gasteiger charge is -2.49. The van der Waals surface area contributed by atoms with Gasteiger partial charge in [-0.2, -0.15) is 0 Å². The Balaban J connectivity index is 1.35. The average Bonchev–Trinajstić information content (AvgIpc) is 2.92. The molecular weight excluding hydrogens is 468 g/mol. The zero-order valence-electron chi connectivity index (χ0n) is 21.2. The number of nitro benzene ring substituents is 1. The van der Waals surface area contributed by atoms with Crippen molar-refractivity contribution < 1.29 is 14.5 Å². The third-order valence-corrected chi connectivity index (χ3v) is 7.51. The molecule has 1 fully saturated rings. The second-order valence-corrected chi connectivity index (χ2v) is 9.81. The lowest BCUT2D eigenvalue weighted by Crippen LogP contribution is -2.61. The van der Waals surface area contributed by atoms with Crippen LogP contribution in [0.3, 0.4) is 0 Å². The normalized spacial score (nSPS) is 18.5. The summed E-state index contributed by atoms with van der Waals surface area (Å²) in [7, 11) is 1.64. The molecule has 2 aliphatic heterocycles. The van der Waals surface area contributed by atoms with Crippen molar-refractivity contribution in [1.82, 2.24) is 5.32 Å². The van der Waals surface area contributed by atoms with E-state index in [0.717, 1.165) is 47.9 Å². The zero-order chi connectivity index (χ0) is 25.9. The molecule has 0 aliphatic carbocycles. The summed E-state index contributed by atoms with van der Waals surface area (Å²) in [6, 6.07) is 21.4. The molecule has 1 saturated heterocycles. The number of nitrogens with one attached hydrogen (secondary N) is 1. The molecule has 3 aromatic carbocycles. The fourth-order valence-corrected chi connectivity index (χ4v) is 5.47. The van der Waals surface area contributed by atoms with Crippen LogP contribution in [0.5, 0.6) is 5.75 Å². The quantitative estimate of drug-likeness (QED) is 0.388. The minimum atomic E-state index is -0.369. The van der Waals surface area contributed by atoms with E-state index in [1.807, 2.05) is 30.3 Å². The maximum Gasteiger partial charge on any atom is 0.269 e. The first-order valence-electron chi connectivity index (χ1n) is 12.7. The van der Waals surface area contributed by atoms with Crippen molar-refractivity contribution >= 4 is 23.0 Å². The molecule has 1 amide bonds. The lowest BCUT2D eigenvalue weighted by atomic mass is 9.83. The summed E-state index contributed by atoms with van der Waals surface area (Å²) in [5.41, 5.74) is 5.42. The van der Waals surface area contributed by atoms with E-state index in [9.17, 15) is 14.9 Å².